The number of para-hydroxylation sites is 1. The molecular formula is C15H20N2OS. The maximum absolute atomic E-state index is 6.01. The minimum Gasteiger partial charge on any atom is -0.488 e. The molecule has 1 aromatic rings. The van der Waals surface area contributed by atoms with E-state index < -0.39 is 0 Å². The van der Waals surface area contributed by atoms with Crippen LogP contribution in [0.5, 0.6) is 5.75 Å². The zero-order chi connectivity index (χ0) is 13.2. The molecule has 0 aliphatic carbocycles. The van der Waals surface area contributed by atoms with E-state index in [4.69, 9.17) is 22.7 Å². The Balaban J connectivity index is 1.64. The predicted octanol–water partition coefficient (Wildman–Crippen LogP) is 2.13. The highest BCUT2D eigenvalue weighted by molar-refractivity contribution is 7.80. The van der Waals surface area contributed by atoms with Gasteiger partial charge in [0.05, 0.1) is 11.0 Å². The summed E-state index contributed by atoms with van der Waals surface area (Å²) in [5.74, 6) is 1.04. The number of thiocarbonyl (C=S) groups is 1. The van der Waals surface area contributed by atoms with Gasteiger partial charge in [0.2, 0.25) is 0 Å². The van der Waals surface area contributed by atoms with Gasteiger partial charge in [-0.1, -0.05) is 36.8 Å². The van der Waals surface area contributed by atoms with Crippen molar-refractivity contribution in [3.05, 3.63) is 29.8 Å². The number of nitrogens with zero attached hydrogens (tertiary/aromatic N) is 1. The summed E-state index contributed by atoms with van der Waals surface area (Å²) in [6.07, 6.45) is 4.79. The van der Waals surface area contributed by atoms with Crippen molar-refractivity contribution in [3.63, 3.8) is 0 Å². The predicted molar refractivity (Wildman–Crippen MR) is 80.6 cm³/mol. The molecule has 0 bridgehead atoms. The van der Waals surface area contributed by atoms with Crippen molar-refractivity contribution in [1.82, 2.24) is 4.90 Å². The molecule has 0 saturated carbocycles. The molecule has 4 heteroatoms. The number of hydrogen-bond acceptors (Lipinski definition) is 3. The van der Waals surface area contributed by atoms with Gasteiger partial charge in [0.1, 0.15) is 11.9 Å². The summed E-state index contributed by atoms with van der Waals surface area (Å²) in [4.78, 5) is 3.04. The van der Waals surface area contributed by atoms with Crippen molar-refractivity contribution in [1.29, 1.82) is 0 Å². The van der Waals surface area contributed by atoms with Crippen LogP contribution < -0.4 is 10.5 Å². The Bertz CT molecular complexity index is 452. The topological polar surface area (TPSA) is 38.5 Å². The van der Waals surface area contributed by atoms with Gasteiger partial charge in [0, 0.05) is 13.0 Å². The maximum Gasteiger partial charge on any atom is 0.123 e. The highest BCUT2D eigenvalue weighted by atomic mass is 32.1. The molecule has 3 rings (SSSR count). The van der Waals surface area contributed by atoms with E-state index in [0.717, 1.165) is 31.7 Å². The Kier molecular flexibility index (Phi) is 3.71. The number of nitrogens with two attached hydrogens (primary N) is 1. The first-order chi connectivity index (χ1) is 9.24. The SMILES string of the molecule is NC(=S)C1CCCCN1CC1Cc2ccccc2O1. The van der Waals surface area contributed by atoms with Crippen LogP contribution in [-0.4, -0.2) is 35.1 Å². The van der Waals surface area contributed by atoms with E-state index in [2.05, 4.69) is 23.1 Å². The van der Waals surface area contributed by atoms with Gasteiger partial charge in [0.25, 0.3) is 0 Å². The summed E-state index contributed by atoms with van der Waals surface area (Å²) >= 11 is 5.20. The number of piperidine rings is 1. The molecule has 3 nitrogen and oxygen atoms in total. The molecule has 2 atom stereocenters. The van der Waals surface area contributed by atoms with Gasteiger partial charge >= 0.3 is 0 Å². The molecule has 1 aromatic carbocycles. The number of rotatable bonds is 3. The fourth-order valence-electron chi connectivity index (χ4n) is 3.15. The largest absolute Gasteiger partial charge is 0.488 e. The summed E-state index contributed by atoms with van der Waals surface area (Å²) in [5.41, 5.74) is 7.18. The second kappa shape index (κ2) is 5.47. The van der Waals surface area contributed by atoms with E-state index in [0.29, 0.717) is 4.99 Å². The summed E-state index contributed by atoms with van der Waals surface area (Å²) in [6.45, 7) is 2.01. The van der Waals surface area contributed by atoms with E-state index in [1.807, 2.05) is 6.07 Å². The molecule has 1 saturated heterocycles. The van der Waals surface area contributed by atoms with E-state index in [1.54, 1.807) is 0 Å². The number of fused-ring (bicyclic) bond motifs is 1. The number of likely N-dealkylation sites (tertiary alicyclic amines) is 1. The molecule has 0 amide bonds. The third-order valence-corrected chi connectivity index (χ3v) is 4.37. The number of ether oxygens (including phenoxy) is 1. The Morgan fingerprint density at radius 2 is 2.21 bits per heavy atom. The van der Waals surface area contributed by atoms with E-state index in [-0.39, 0.29) is 12.1 Å². The van der Waals surface area contributed by atoms with E-state index in [9.17, 15) is 0 Å². The molecule has 2 heterocycles. The average molecular weight is 276 g/mol. The Hall–Kier alpha value is -1.13. The first-order valence-electron chi connectivity index (χ1n) is 7.02. The maximum atomic E-state index is 6.01. The van der Waals surface area contributed by atoms with Crippen LogP contribution in [0.15, 0.2) is 24.3 Å². The van der Waals surface area contributed by atoms with Gasteiger partial charge in [-0.15, -0.1) is 0 Å². The van der Waals surface area contributed by atoms with Gasteiger partial charge in [-0.25, -0.2) is 0 Å². The lowest BCUT2D eigenvalue weighted by Gasteiger charge is -2.36. The Morgan fingerprint density at radius 1 is 1.37 bits per heavy atom. The fraction of sp³-hybridized carbons (Fsp3) is 0.533. The van der Waals surface area contributed by atoms with Crippen molar-refractivity contribution in [3.8, 4) is 5.75 Å². The molecule has 0 spiro atoms. The van der Waals surface area contributed by atoms with Crippen LogP contribution in [0, 0.1) is 0 Å². The van der Waals surface area contributed by atoms with Crippen LogP contribution in [-0.2, 0) is 6.42 Å². The third-order valence-electron chi connectivity index (χ3n) is 4.09. The van der Waals surface area contributed by atoms with Crippen molar-refractivity contribution >= 4 is 17.2 Å². The molecule has 0 radical (unpaired) electrons. The highest BCUT2D eigenvalue weighted by Crippen LogP contribution is 2.29. The molecule has 2 N–H and O–H groups in total. The molecule has 2 aliphatic heterocycles. The Morgan fingerprint density at radius 3 is 3.00 bits per heavy atom. The second-order valence-electron chi connectivity index (χ2n) is 5.46. The number of hydrogen-bond donors (Lipinski definition) is 1. The van der Waals surface area contributed by atoms with Crippen molar-refractivity contribution < 1.29 is 4.74 Å². The zero-order valence-corrected chi connectivity index (χ0v) is 11.9. The minimum atomic E-state index is 0.243. The lowest BCUT2D eigenvalue weighted by molar-refractivity contribution is 0.116. The first-order valence-corrected chi connectivity index (χ1v) is 7.43. The van der Waals surface area contributed by atoms with Gasteiger partial charge in [-0.3, -0.25) is 4.90 Å². The Labute approximate surface area is 119 Å². The van der Waals surface area contributed by atoms with Crippen LogP contribution in [0.1, 0.15) is 24.8 Å². The molecule has 19 heavy (non-hydrogen) atoms. The van der Waals surface area contributed by atoms with E-state index >= 15 is 0 Å². The zero-order valence-electron chi connectivity index (χ0n) is 11.0. The molecule has 2 aliphatic rings. The minimum absolute atomic E-state index is 0.243. The van der Waals surface area contributed by atoms with Crippen molar-refractivity contribution in [2.45, 2.75) is 37.8 Å². The monoisotopic (exact) mass is 276 g/mol. The van der Waals surface area contributed by atoms with E-state index in [1.165, 1.54) is 18.4 Å². The lowest BCUT2D eigenvalue weighted by Crippen LogP contribution is -2.50. The summed E-state index contributed by atoms with van der Waals surface area (Å²) in [7, 11) is 0. The normalized spacial score (nSPS) is 26.7. The molecule has 0 aromatic heterocycles. The molecular weight excluding hydrogens is 256 g/mol. The summed E-state index contributed by atoms with van der Waals surface area (Å²) < 4.78 is 6.01. The van der Waals surface area contributed by atoms with Crippen molar-refractivity contribution in [2.24, 2.45) is 5.73 Å². The summed E-state index contributed by atoms with van der Waals surface area (Å²) in [5, 5.41) is 0. The van der Waals surface area contributed by atoms with Crippen LogP contribution in [0.3, 0.4) is 0 Å². The summed E-state index contributed by atoms with van der Waals surface area (Å²) in [6, 6.07) is 8.56. The standard InChI is InChI=1S/C15H20N2OS/c16-15(19)13-6-3-4-8-17(13)10-12-9-11-5-1-2-7-14(11)18-12/h1-2,5,7,12-13H,3-4,6,8-10H2,(H2,16,19). The smallest absolute Gasteiger partial charge is 0.123 e. The second-order valence-corrected chi connectivity index (χ2v) is 5.93. The quantitative estimate of drug-likeness (QED) is 0.858. The fourth-order valence-corrected chi connectivity index (χ4v) is 3.42. The van der Waals surface area contributed by atoms with Crippen molar-refractivity contribution in [2.75, 3.05) is 13.1 Å². The van der Waals surface area contributed by atoms with Gasteiger partial charge in [-0.05, 0) is 31.0 Å². The first kappa shape index (κ1) is 12.9. The molecule has 1 fully saturated rings. The lowest BCUT2D eigenvalue weighted by atomic mass is 10.0. The van der Waals surface area contributed by atoms with Gasteiger partial charge < -0.3 is 10.5 Å². The van der Waals surface area contributed by atoms with Gasteiger partial charge in [0.15, 0.2) is 0 Å². The average Bonchev–Trinajstić information content (AvgIpc) is 2.81. The molecule has 102 valence electrons. The van der Waals surface area contributed by atoms with Crippen LogP contribution >= 0.6 is 12.2 Å². The third kappa shape index (κ3) is 2.74. The van der Waals surface area contributed by atoms with Crippen LogP contribution in [0.4, 0.5) is 0 Å². The highest BCUT2D eigenvalue weighted by Gasteiger charge is 2.30. The van der Waals surface area contributed by atoms with Crippen LogP contribution in [0.25, 0.3) is 0 Å². The molecule has 2 unspecified atom stereocenters. The van der Waals surface area contributed by atoms with Gasteiger partial charge in [-0.2, -0.15) is 0 Å². The number of benzene rings is 1. The van der Waals surface area contributed by atoms with Crippen LogP contribution in [0.2, 0.25) is 0 Å².